The lowest BCUT2D eigenvalue weighted by molar-refractivity contribution is 0.113. The van der Waals surface area contributed by atoms with Crippen molar-refractivity contribution in [3.8, 4) is 5.88 Å². The molecule has 1 aromatic rings. The Morgan fingerprint density at radius 1 is 1.56 bits per heavy atom. The molecule has 18 heavy (non-hydrogen) atoms. The number of hydrazone groups is 1. The number of rotatable bonds is 5. The molecule has 1 aromatic heterocycles. The Bertz CT molecular complexity index is 450. The highest BCUT2D eigenvalue weighted by Gasteiger charge is 2.20. The summed E-state index contributed by atoms with van der Waals surface area (Å²) in [6.45, 7) is 7.59. The molecular formula is C13H18N4O. The van der Waals surface area contributed by atoms with Gasteiger partial charge in [-0.05, 0) is 33.1 Å². The second kappa shape index (κ2) is 5.62. The maximum atomic E-state index is 5.71. The van der Waals surface area contributed by atoms with Gasteiger partial charge >= 0.3 is 0 Å². The number of hydrogen-bond donors (Lipinski definition) is 0. The van der Waals surface area contributed by atoms with Crippen molar-refractivity contribution in [3.63, 3.8) is 0 Å². The molecule has 0 atom stereocenters. The van der Waals surface area contributed by atoms with E-state index in [9.17, 15) is 0 Å². The highest BCUT2D eigenvalue weighted by Crippen LogP contribution is 2.25. The quantitative estimate of drug-likeness (QED) is 0.592. The largest absolute Gasteiger partial charge is 0.473 e. The number of anilines is 1. The van der Waals surface area contributed by atoms with Gasteiger partial charge in [-0.2, -0.15) is 10.2 Å². The summed E-state index contributed by atoms with van der Waals surface area (Å²) in [5.41, 5.74) is 1.74. The Labute approximate surface area is 107 Å². The zero-order valence-electron chi connectivity index (χ0n) is 10.8. The van der Waals surface area contributed by atoms with E-state index in [0.29, 0.717) is 12.0 Å². The second-order valence-corrected chi connectivity index (χ2v) is 4.50. The van der Waals surface area contributed by atoms with E-state index >= 15 is 0 Å². The fraction of sp³-hybridized carbons (Fsp3) is 0.462. The van der Waals surface area contributed by atoms with Gasteiger partial charge < -0.3 is 4.74 Å². The van der Waals surface area contributed by atoms with Crippen LogP contribution in [-0.4, -0.2) is 22.0 Å². The molecule has 0 unspecified atom stereocenters. The second-order valence-electron chi connectivity index (χ2n) is 4.50. The Balaban J connectivity index is 2.14. The molecule has 5 heteroatoms. The minimum absolute atomic E-state index is 0.295. The van der Waals surface area contributed by atoms with Crippen molar-refractivity contribution in [1.29, 1.82) is 0 Å². The molecule has 1 aliphatic carbocycles. The molecule has 0 bridgehead atoms. The Hall–Kier alpha value is -1.91. The van der Waals surface area contributed by atoms with Crippen LogP contribution in [0.25, 0.3) is 0 Å². The van der Waals surface area contributed by atoms with Gasteiger partial charge in [0.1, 0.15) is 6.10 Å². The molecule has 1 fully saturated rings. The third-order valence-corrected chi connectivity index (χ3v) is 2.70. The van der Waals surface area contributed by atoms with Crippen molar-refractivity contribution in [1.82, 2.24) is 10.2 Å². The first-order valence-corrected chi connectivity index (χ1v) is 6.12. The van der Waals surface area contributed by atoms with Gasteiger partial charge in [0.25, 0.3) is 0 Å². The molecule has 0 aliphatic heterocycles. The Morgan fingerprint density at radius 3 is 2.89 bits per heavy atom. The molecule has 96 valence electrons. The fourth-order valence-corrected chi connectivity index (χ4v) is 1.60. The van der Waals surface area contributed by atoms with E-state index in [0.717, 1.165) is 24.2 Å². The number of nitrogens with zero attached hydrogens (tertiary/aromatic N) is 4. The van der Waals surface area contributed by atoms with Gasteiger partial charge in [0, 0.05) is 18.0 Å². The van der Waals surface area contributed by atoms with Crippen LogP contribution >= 0.6 is 0 Å². The van der Waals surface area contributed by atoms with Crippen molar-refractivity contribution in [2.75, 3.05) is 5.01 Å². The van der Waals surface area contributed by atoms with Crippen molar-refractivity contribution >= 4 is 11.4 Å². The van der Waals surface area contributed by atoms with Crippen LogP contribution in [-0.2, 0) is 0 Å². The highest BCUT2D eigenvalue weighted by atomic mass is 16.5. The van der Waals surface area contributed by atoms with Gasteiger partial charge in [0.15, 0.2) is 0 Å². The minimum Gasteiger partial charge on any atom is -0.473 e. The Morgan fingerprint density at radius 2 is 2.33 bits per heavy atom. The summed E-state index contributed by atoms with van der Waals surface area (Å²) in [5, 5.41) is 13.9. The van der Waals surface area contributed by atoms with E-state index in [-0.39, 0.29) is 0 Å². The van der Waals surface area contributed by atoms with Crippen LogP contribution in [0.4, 0.5) is 5.69 Å². The zero-order chi connectivity index (χ0) is 13.0. The highest BCUT2D eigenvalue weighted by molar-refractivity contribution is 5.80. The number of hydrogen-bond acceptors (Lipinski definition) is 5. The van der Waals surface area contributed by atoms with Crippen LogP contribution in [0.5, 0.6) is 5.88 Å². The zero-order valence-corrected chi connectivity index (χ0v) is 10.8. The average molecular weight is 246 g/mol. The van der Waals surface area contributed by atoms with Crippen LogP contribution < -0.4 is 9.75 Å². The first kappa shape index (κ1) is 12.5. The number of ether oxygens (including phenoxy) is 1. The molecule has 1 heterocycles. The molecule has 2 rings (SSSR count). The smallest absolute Gasteiger partial charge is 0.235 e. The first-order chi connectivity index (χ1) is 8.69. The lowest BCUT2D eigenvalue weighted by atomic mass is 9.96. The van der Waals surface area contributed by atoms with E-state index in [1.54, 1.807) is 17.4 Å². The van der Waals surface area contributed by atoms with E-state index in [1.165, 1.54) is 6.42 Å². The van der Waals surface area contributed by atoms with Crippen LogP contribution in [0.2, 0.25) is 0 Å². The predicted molar refractivity (Wildman–Crippen MR) is 71.8 cm³/mol. The summed E-state index contributed by atoms with van der Waals surface area (Å²) in [4.78, 5) is 0. The maximum absolute atomic E-state index is 5.71. The van der Waals surface area contributed by atoms with E-state index in [2.05, 4.69) is 21.9 Å². The molecule has 0 radical (unpaired) electrons. The molecule has 0 aromatic carbocycles. The molecule has 1 aliphatic rings. The lowest BCUT2D eigenvalue weighted by Gasteiger charge is -2.25. The van der Waals surface area contributed by atoms with Gasteiger partial charge in [-0.25, -0.2) is 5.01 Å². The van der Waals surface area contributed by atoms with Crippen molar-refractivity contribution in [2.24, 2.45) is 5.10 Å². The van der Waals surface area contributed by atoms with Crippen LogP contribution in [0.1, 0.15) is 33.1 Å². The minimum atomic E-state index is 0.295. The molecule has 0 saturated heterocycles. The van der Waals surface area contributed by atoms with Gasteiger partial charge in [0.2, 0.25) is 5.88 Å². The SMILES string of the molecule is C=CN(N=C(C)C)c1cnnc(OC2CCC2)c1. The van der Waals surface area contributed by atoms with Crippen LogP contribution in [0.3, 0.4) is 0 Å². The summed E-state index contributed by atoms with van der Waals surface area (Å²) in [6, 6.07) is 1.83. The standard InChI is InChI=1S/C13H18N4O/c1-4-17(16-10(2)3)11-8-13(15-14-9-11)18-12-6-5-7-12/h4,8-9,12H,1,5-7H2,2-3H3. The fourth-order valence-electron chi connectivity index (χ4n) is 1.60. The maximum Gasteiger partial charge on any atom is 0.235 e. The lowest BCUT2D eigenvalue weighted by Crippen LogP contribution is -2.25. The van der Waals surface area contributed by atoms with Gasteiger partial charge in [-0.15, -0.1) is 5.10 Å². The predicted octanol–water partition coefficient (Wildman–Crippen LogP) is 2.75. The monoisotopic (exact) mass is 246 g/mol. The van der Waals surface area contributed by atoms with E-state index in [4.69, 9.17) is 4.74 Å². The molecule has 0 spiro atoms. The van der Waals surface area contributed by atoms with Crippen LogP contribution in [0, 0.1) is 0 Å². The van der Waals surface area contributed by atoms with Crippen molar-refractivity contribution in [3.05, 3.63) is 25.0 Å². The summed E-state index contributed by atoms with van der Waals surface area (Å²) < 4.78 is 5.71. The Kier molecular flexibility index (Phi) is 3.92. The first-order valence-electron chi connectivity index (χ1n) is 6.12. The van der Waals surface area contributed by atoms with E-state index in [1.807, 2.05) is 19.9 Å². The number of aromatic nitrogens is 2. The molecule has 5 nitrogen and oxygen atoms in total. The molecule has 1 saturated carbocycles. The summed E-state index contributed by atoms with van der Waals surface area (Å²) in [5.74, 6) is 0.549. The third kappa shape index (κ3) is 3.06. The summed E-state index contributed by atoms with van der Waals surface area (Å²) in [6.07, 6.45) is 7.00. The average Bonchev–Trinajstić information content (AvgIpc) is 2.31. The van der Waals surface area contributed by atoms with Gasteiger partial charge in [0.05, 0.1) is 11.9 Å². The molecular weight excluding hydrogens is 228 g/mol. The summed E-state index contributed by atoms with van der Waals surface area (Å²) >= 11 is 0. The van der Waals surface area contributed by atoms with Crippen molar-refractivity contribution in [2.45, 2.75) is 39.2 Å². The normalized spacial score (nSPS) is 14.6. The molecule has 0 N–H and O–H groups in total. The molecule has 0 amide bonds. The van der Waals surface area contributed by atoms with Crippen LogP contribution in [0.15, 0.2) is 30.1 Å². The van der Waals surface area contributed by atoms with Crippen molar-refractivity contribution < 1.29 is 4.74 Å². The van der Waals surface area contributed by atoms with Gasteiger partial charge in [-0.1, -0.05) is 6.58 Å². The van der Waals surface area contributed by atoms with E-state index < -0.39 is 0 Å². The third-order valence-electron chi connectivity index (χ3n) is 2.70. The summed E-state index contributed by atoms with van der Waals surface area (Å²) in [7, 11) is 0. The van der Waals surface area contributed by atoms with Gasteiger partial charge in [-0.3, -0.25) is 0 Å². The topological polar surface area (TPSA) is 50.6 Å².